The molecule has 3 atom stereocenters. The van der Waals surface area contributed by atoms with Crippen molar-refractivity contribution in [3.8, 4) is 0 Å². The van der Waals surface area contributed by atoms with Crippen molar-refractivity contribution in [1.82, 2.24) is 5.32 Å². The molecule has 1 saturated carbocycles. The molecule has 0 saturated heterocycles. The first-order valence-electron chi connectivity index (χ1n) is 5.19. The monoisotopic (exact) mass is 273 g/mol. The highest BCUT2D eigenvalue weighted by Gasteiger charge is 2.38. The fourth-order valence-electron chi connectivity index (χ4n) is 2.22. The highest BCUT2D eigenvalue weighted by Crippen LogP contribution is 2.45. The van der Waals surface area contributed by atoms with Crippen LogP contribution in [0.1, 0.15) is 31.1 Å². The Hall–Kier alpha value is 0.140. The van der Waals surface area contributed by atoms with Crippen LogP contribution in [0.25, 0.3) is 0 Å². The van der Waals surface area contributed by atoms with E-state index in [-0.39, 0.29) is 0 Å². The van der Waals surface area contributed by atoms with Crippen LogP contribution in [0.2, 0.25) is 0 Å². The van der Waals surface area contributed by atoms with Crippen LogP contribution in [-0.2, 0) is 0 Å². The Morgan fingerprint density at radius 2 is 2.43 bits per heavy atom. The predicted molar refractivity (Wildman–Crippen MR) is 66.0 cm³/mol. The standard InChI is InChI=1S/C11H16BrNS/c1-3-13-10-5-9(7(10)2)11-4-8(12)6-14-11/h4,6-7,9-10,13H,3,5H2,1-2H3. The lowest BCUT2D eigenvalue weighted by molar-refractivity contribution is 0.190. The minimum atomic E-state index is 0.742. The topological polar surface area (TPSA) is 12.0 Å². The first-order valence-corrected chi connectivity index (χ1v) is 6.87. The number of hydrogen-bond donors (Lipinski definition) is 1. The Morgan fingerprint density at radius 3 is 2.93 bits per heavy atom. The van der Waals surface area contributed by atoms with Gasteiger partial charge in [0, 0.05) is 20.8 Å². The maximum atomic E-state index is 3.53. The third kappa shape index (κ3) is 1.90. The van der Waals surface area contributed by atoms with E-state index in [9.17, 15) is 0 Å². The summed E-state index contributed by atoms with van der Waals surface area (Å²) in [5.41, 5.74) is 0. The van der Waals surface area contributed by atoms with Crippen molar-refractivity contribution >= 4 is 27.3 Å². The largest absolute Gasteiger partial charge is 0.314 e. The summed E-state index contributed by atoms with van der Waals surface area (Å²) in [6, 6.07) is 3.01. The Bertz CT molecular complexity index is 310. The van der Waals surface area contributed by atoms with Gasteiger partial charge in [-0.25, -0.2) is 0 Å². The van der Waals surface area contributed by atoms with Crippen LogP contribution >= 0.6 is 27.3 Å². The zero-order valence-electron chi connectivity index (χ0n) is 8.59. The Morgan fingerprint density at radius 1 is 1.64 bits per heavy atom. The summed E-state index contributed by atoms with van der Waals surface area (Å²) in [4.78, 5) is 1.54. The first kappa shape index (κ1) is 10.7. The summed E-state index contributed by atoms with van der Waals surface area (Å²) in [6.45, 7) is 5.63. The van der Waals surface area contributed by atoms with E-state index in [4.69, 9.17) is 0 Å². The van der Waals surface area contributed by atoms with Gasteiger partial charge in [0.2, 0.25) is 0 Å². The number of halogens is 1. The van der Waals surface area contributed by atoms with Gasteiger partial charge in [-0.1, -0.05) is 13.8 Å². The van der Waals surface area contributed by atoms with Crippen LogP contribution in [0.4, 0.5) is 0 Å². The third-order valence-electron chi connectivity index (χ3n) is 3.20. The zero-order chi connectivity index (χ0) is 10.1. The molecule has 0 aliphatic heterocycles. The van der Waals surface area contributed by atoms with Gasteiger partial charge < -0.3 is 5.32 Å². The molecular weight excluding hydrogens is 258 g/mol. The van der Waals surface area contributed by atoms with E-state index < -0.39 is 0 Å². The number of hydrogen-bond acceptors (Lipinski definition) is 2. The second-order valence-corrected chi connectivity index (χ2v) is 5.89. The van der Waals surface area contributed by atoms with Crippen molar-refractivity contribution in [1.29, 1.82) is 0 Å². The maximum Gasteiger partial charge on any atom is 0.0285 e. The minimum Gasteiger partial charge on any atom is -0.314 e. The van der Waals surface area contributed by atoms with Gasteiger partial charge in [0.15, 0.2) is 0 Å². The van der Waals surface area contributed by atoms with E-state index in [1.165, 1.54) is 10.9 Å². The second-order valence-electron chi connectivity index (χ2n) is 4.03. The molecule has 1 N–H and O–H groups in total. The van der Waals surface area contributed by atoms with Crippen LogP contribution in [0.5, 0.6) is 0 Å². The fraction of sp³-hybridized carbons (Fsp3) is 0.636. The van der Waals surface area contributed by atoms with E-state index >= 15 is 0 Å². The molecule has 0 aromatic carbocycles. The molecule has 14 heavy (non-hydrogen) atoms. The molecule has 78 valence electrons. The SMILES string of the molecule is CCNC1CC(c2cc(Br)cs2)C1C. The van der Waals surface area contributed by atoms with E-state index in [0.717, 1.165) is 24.4 Å². The fourth-order valence-corrected chi connectivity index (χ4v) is 3.89. The molecule has 1 aliphatic rings. The average molecular weight is 274 g/mol. The molecule has 0 radical (unpaired) electrons. The molecule has 0 bridgehead atoms. The summed E-state index contributed by atoms with van der Waals surface area (Å²) < 4.78 is 1.23. The van der Waals surface area contributed by atoms with Crippen molar-refractivity contribution in [2.45, 2.75) is 32.2 Å². The molecule has 1 aromatic heterocycles. The van der Waals surface area contributed by atoms with E-state index in [1.807, 2.05) is 11.3 Å². The molecular formula is C11H16BrNS. The van der Waals surface area contributed by atoms with Gasteiger partial charge in [-0.05, 0) is 46.8 Å². The molecule has 0 amide bonds. The van der Waals surface area contributed by atoms with Gasteiger partial charge in [-0.15, -0.1) is 11.3 Å². The third-order valence-corrected chi connectivity index (χ3v) is 5.02. The Kier molecular flexibility index (Phi) is 3.30. The van der Waals surface area contributed by atoms with Crippen LogP contribution in [0.15, 0.2) is 15.9 Å². The minimum absolute atomic E-state index is 0.742. The molecule has 1 aliphatic carbocycles. The summed E-state index contributed by atoms with van der Waals surface area (Å²) >= 11 is 5.40. The molecule has 1 aromatic rings. The molecule has 2 rings (SSSR count). The van der Waals surface area contributed by atoms with Crippen LogP contribution in [0, 0.1) is 5.92 Å². The highest BCUT2D eigenvalue weighted by molar-refractivity contribution is 9.10. The van der Waals surface area contributed by atoms with Crippen LogP contribution in [-0.4, -0.2) is 12.6 Å². The van der Waals surface area contributed by atoms with Gasteiger partial charge in [0.25, 0.3) is 0 Å². The first-order chi connectivity index (χ1) is 6.72. The van der Waals surface area contributed by atoms with Crippen LogP contribution in [0.3, 0.4) is 0 Å². The van der Waals surface area contributed by atoms with Gasteiger partial charge in [-0.3, -0.25) is 0 Å². The second kappa shape index (κ2) is 4.33. The molecule has 3 heteroatoms. The zero-order valence-corrected chi connectivity index (χ0v) is 11.0. The van der Waals surface area contributed by atoms with Crippen molar-refractivity contribution in [3.05, 3.63) is 20.8 Å². The Balaban J connectivity index is 1.97. The van der Waals surface area contributed by atoms with Crippen LogP contribution < -0.4 is 5.32 Å². The van der Waals surface area contributed by atoms with Crippen molar-refractivity contribution < 1.29 is 0 Å². The highest BCUT2D eigenvalue weighted by atomic mass is 79.9. The van der Waals surface area contributed by atoms with Gasteiger partial charge >= 0.3 is 0 Å². The lowest BCUT2D eigenvalue weighted by atomic mass is 9.69. The Labute approximate surface area is 98.0 Å². The smallest absolute Gasteiger partial charge is 0.0285 e. The number of thiophene rings is 1. The van der Waals surface area contributed by atoms with Crippen molar-refractivity contribution in [2.24, 2.45) is 5.92 Å². The predicted octanol–water partition coefficient (Wildman–Crippen LogP) is 3.61. The molecule has 0 spiro atoms. The van der Waals surface area contributed by atoms with Gasteiger partial charge in [0.05, 0.1) is 0 Å². The van der Waals surface area contributed by atoms with Crippen molar-refractivity contribution in [2.75, 3.05) is 6.54 Å². The van der Waals surface area contributed by atoms with Gasteiger partial charge in [-0.2, -0.15) is 0 Å². The number of nitrogens with one attached hydrogen (secondary N) is 1. The molecule has 1 fully saturated rings. The quantitative estimate of drug-likeness (QED) is 0.887. The van der Waals surface area contributed by atoms with E-state index in [0.29, 0.717) is 0 Å². The van der Waals surface area contributed by atoms with Gasteiger partial charge in [0.1, 0.15) is 0 Å². The normalized spacial score (nSPS) is 31.5. The lowest BCUT2D eigenvalue weighted by Crippen LogP contribution is -2.47. The number of rotatable bonds is 3. The summed E-state index contributed by atoms with van der Waals surface area (Å²) in [7, 11) is 0. The molecule has 3 unspecified atom stereocenters. The van der Waals surface area contributed by atoms with E-state index in [1.54, 1.807) is 4.88 Å². The summed E-state index contributed by atoms with van der Waals surface area (Å²) in [6.07, 6.45) is 1.31. The summed E-state index contributed by atoms with van der Waals surface area (Å²) in [5.74, 6) is 1.58. The maximum absolute atomic E-state index is 3.53. The average Bonchev–Trinajstić information content (AvgIpc) is 2.57. The summed E-state index contributed by atoms with van der Waals surface area (Å²) in [5, 5.41) is 5.71. The molecule has 1 heterocycles. The lowest BCUT2D eigenvalue weighted by Gasteiger charge is -2.42. The molecule has 1 nitrogen and oxygen atoms in total. The van der Waals surface area contributed by atoms with E-state index in [2.05, 4.69) is 46.5 Å². The van der Waals surface area contributed by atoms with Crippen molar-refractivity contribution in [3.63, 3.8) is 0 Å².